The quantitative estimate of drug-likeness (QED) is 0.0154. The Morgan fingerprint density at radius 3 is 1.44 bits per heavy atom. The molecule has 7 atom stereocenters. The summed E-state index contributed by atoms with van der Waals surface area (Å²) in [5.74, 6) is -8.13. The van der Waals surface area contributed by atoms with Gasteiger partial charge < -0.3 is 77.2 Å². The first-order valence-corrected chi connectivity index (χ1v) is 30.6. The Hall–Kier alpha value is -8.02. The molecule has 5 amide bonds. The molecule has 0 bridgehead atoms. The molecule has 0 aliphatic carbocycles. The van der Waals surface area contributed by atoms with Crippen molar-refractivity contribution >= 4 is 99.8 Å². The van der Waals surface area contributed by atoms with Gasteiger partial charge in [-0.3, -0.25) is 72.7 Å². The van der Waals surface area contributed by atoms with E-state index in [1.54, 1.807) is 38.1 Å². The molecule has 0 spiro atoms. The lowest BCUT2D eigenvalue weighted by Gasteiger charge is -2.26. The summed E-state index contributed by atoms with van der Waals surface area (Å²) in [6, 6.07) is 2.04. The van der Waals surface area contributed by atoms with Crippen LogP contribution in [0.15, 0.2) is 44.2 Å². The average molecular weight is 1240 g/mol. The van der Waals surface area contributed by atoms with Crippen LogP contribution in [0.5, 0.6) is 0 Å². The Bertz CT molecular complexity index is 2550. The lowest BCUT2D eigenvalue weighted by atomic mass is 9.89. The summed E-state index contributed by atoms with van der Waals surface area (Å²) in [5, 5.41) is 13.6. The maximum Gasteiger partial charge on any atom is 0.246 e. The molecule has 0 heterocycles. The minimum atomic E-state index is -1.26. The maximum absolute atomic E-state index is 14.6. The van der Waals surface area contributed by atoms with Crippen LogP contribution in [0.3, 0.4) is 0 Å². The highest BCUT2D eigenvalue weighted by Gasteiger charge is 2.33. The molecule has 0 aliphatic rings. The van der Waals surface area contributed by atoms with E-state index in [2.05, 4.69) is 46.6 Å². The van der Waals surface area contributed by atoms with Crippen molar-refractivity contribution in [1.29, 1.82) is 0 Å². The van der Waals surface area contributed by atoms with Gasteiger partial charge in [0.05, 0.1) is 36.7 Å². The van der Waals surface area contributed by atoms with E-state index in [1.165, 1.54) is 25.6 Å². The minimum Gasteiger partial charge on any atom is -0.370 e. The summed E-state index contributed by atoms with van der Waals surface area (Å²) in [6.45, 7) is 5.94. The smallest absolute Gasteiger partial charge is 0.246 e. The van der Waals surface area contributed by atoms with Crippen LogP contribution in [0.1, 0.15) is 140 Å². The fraction of sp³-hybridized carbons (Fsp3) is 0.632. The number of guanidine groups is 4. The zero-order valence-electron chi connectivity index (χ0n) is 51.0. The molecule has 0 radical (unpaired) electrons. The lowest BCUT2D eigenvalue weighted by molar-refractivity contribution is -0.135. The number of carbonyl (C=O) groups excluding carboxylic acids is 11. The second kappa shape index (κ2) is 43.6. The first kappa shape index (κ1) is 77.0. The van der Waals surface area contributed by atoms with Crippen LogP contribution in [0.4, 0.5) is 0 Å². The molecule has 0 fully saturated rings. The summed E-state index contributed by atoms with van der Waals surface area (Å²) in [6.07, 6.45) is 2.22. The van der Waals surface area contributed by atoms with Gasteiger partial charge in [-0.15, -0.1) is 0 Å². The van der Waals surface area contributed by atoms with Gasteiger partial charge >= 0.3 is 0 Å². The van der Waals surface area contributed by atoms with Gasteiger partial charge in [0, 0.05) is 101 Å². The van der Waals surface area contributed by atoms with Crippen molar-refractivity contribution in [2.24, 2.45) is 83.6 Å². The predicted molar refractivity (Wildman–Crippen MR) is 335 cm³/mol. The van der Waals surface area contributed by atoms with Crippen molar-refractivity contribution in [1.82, 2.24) is 26.6 Å². The van der Waals surface area contributed by atoms with Crippen molar-refractivity contribution in [3.63, 3.8) is 0 Å². The fourth-order valence-electron chi connectivity index (χ4n) is 8.79. The van der Waals surface area contributed by atoms with Gasteiger partial charge in [-0.2, -0.15) is 11.8 Å². The first-order chi connectivity index (χ1) is 41.2. The zero-order valence-corrected chi connectivity index (χ0v) is 51.9. The Balaban J connectivity index is 3.43. The Morgan fingerprint density at radius 2 is 0.989 bits per heavy atom. The molecule has 0 saturated heterocycles. The van der Waals surface area contributed by atoms with Gasteiger partial charge in [0.2, 0.25) is 29.5 Å². The van der Waals surface area contributed by atoms with E-state index in [-0.39, 0.29) is 163 Å². The first-order valence-electron chi connectivity index (χ1n) is 29.2. The highest BCUT2D eigenvalue weighted by atomic mass is 32.2. The number of benzene rings is 1. The van der Waals surface area contributed by atoms with Gasteiger partial charge in [0.25, 0.3) is 0 Å². The van der Waals surface area contributed by atoms with Crippen LogP contribution in [0, 0.1) is 17.8 Å². The number of aliphatic imine (C=N–C) groups is 4. The van der Waals surface area contributed by atoms with E-state index in [0.717, 1.165) is 0 Å². The number of hydrogen-bond acceptors (Lipinski definition) is 17. The summed E-state index contributed by atoms with van der Waals surface area (Å²) < 4.78 is 5.53. The number of nitrogens with one attached hydrogen (secondary N) is 5. The number of ether oxygens (including phenoxy) is 1. The number of nitrogens with two attached hydrogens (primary N) is 8. The molecule has 0 saturated carbocycles. The van der Waals surface area contributed by atoms with Gasteiger partial charge in [0.15, 0.2) is 52.8 Å². The van der Waals surface area contributed by atoms with Crippen LogP contribution < -0.4 is 72.5 Å². The third-order valence-electron chi connectivity index (χ3n) is 13.7. The lowest BCUT2D eigenvalue weighted by Crippen LogP contribution is -2.48. The Morgan fingerprint density at radius 1 is 0.529 bits per heavy atom. The summed E-state index contributed by atoms with van der Waals surface area (Å²) >= 11 is 1.41. The largest absolute Gasteiger partial charge is 0.370 e. The summed E-state index contributed by atoms with van der Waals surface area (Å²) in [4.78, 5) is 163. The van der Waals surface area contributed by atoms with E-state index in [1.807, 2.05) is 6.26 Å². The van der Waals surface area contributed by atoms with Crippen LogP contribution in [-0.4, -0.2) is 170 Å². The number of Topliss-reactive ketones (excluding diaryl/α,β-unsaturated/α-hetero) is 6. The van der Waals surface area contributed by atoms with Gasteiger partial charge in [-0.1, -0.05) is 38.1 Å². The highest BCUT2D eigenvalue weighted by molar-refractivity contribution is 7.98. The minimum absolute atomic E-state index is 0.0115. The van der Waals surface area contributed by atoms with Crippen molar-refractivity contribution in [2.45, 2.75) is 155 Å². The second-order valence-corrected chi connectivity index (χ2v) is 21.8. The second-order valence-electron chi connectivity index (χ2n) is 20.9. The molecule has 1 rings (SSSR count). The monoisotopic (exact) mass is 1240 g/mol. The topological polar surface area (TPSA) is 515 Å². The van der Waals surface area contributed by atoms with E-state index >= 15 is 0 Å². The number of amides is 5. The third kappa shape index (κ3) is 34.7. The number of thioether (sulfide) groups is 1. The zero-order chi connectivity index (χ0) is 65.4. The van der Waals surface area contributed by atoms with Crippen LogP contribution in [0.25, 0.3) is 0 Å². The van der Waals surface area contributed by atoms with E-state index in [0.29, 0.717) is 29.7 Å². The molecule has 1 aromatic carbocycles. The van der Waals surface area contributed by atoms with Crippen LogP contribution in [0.2, 0.25) is 0 Å². The number of ketones is 6. The number of rotatable bonds is 48. The van der Waals surface area contributed by atoms with Crippen molar-refractivity contribution < 1.29 is 57.5 Å². The standard InChI is InChI=1S/C57H95N17O12S/c1-6-41(76)29-40(33-87-5)53(85)71-34(3)46(78)20-21-49(81)66-26-27-86-32-50(82)72-44(28-36-16-18-37(19-17-36)35(4)75)48(80)31-39(13-9-23-68-55(60)61)52(84)74-43(15-11-25-70-57(64)65)47(79)30-38(12-8-22-67-54(58)59)51(83)73-42(45(77)7-2)14-10-24-69-56(62)63/h16-19,34,38-40,42-44H,6-15,20-33H2,1-5H3,(H,66,81)(H,71,85)(H,72,82)(H,73,83)(H,74,84)(H4,58,59,67)(H4,60,61,68)(H4,62,63,69)(H4,64,65,70)/t34-,38-,39-,40-,42+,43+,44?/m0/s1. The average Bonchev–Trinajstić information content (AvgIpc) is 3.66. The molecule has 87 heavy (non-hydrogen) atoms. The normalized spacial score (nSPS) is 13.3. The SMILES string of the molecule is CCC(=O)C[C@@H](CSC)C(=O)N[C@@H](C)C(=O)CCC(=O)NCCOCC(=O)NC(Cc1ccc(C(C)=O)cc1)C(=O)C[C@H](CCCN=C(N)N)C(=O)N[C@H](CCCN=C(N)N)C(=O)C[C@H](CCCN=C(N)N)C(=O)N[C@H](CCCN=C(N)N)C(=O)CC. The number of nitrogens with zero attached hydrogens (tertiary/aromatic N) is 4. The van der Waals surface area contributed by atoms with E-state index in [9.17, 15) is 52.7 Å². The van der Waals surface area contributed by atoms with Crippen LogP contribution in [-0.2, 0) is 59.1 Å². The molecule has 30 heteroatoms. The molecule has 29 nitrogen and oxygen atoms in total. The van der Waals surface area contributed by atoms with Crippen molar-refractivity contribution in [3.05, 3.63) is 35.4 Å². The number of carbonyl (C=O) groups is 11. The van der Waals surface area contributed by atoms with Crippen molar-refractivity contribution in [2.75, 3.05) is 57.9 Å². The number of hydrogen-bond donors (Lipinski definition) is 13. The highest BCUT2D eigenvalue weighted by Crippen LogP contribution is 2.21. The molecule has 486 valence electrons. The Labute approximate surface area is 513 Å². The molecule has 1 aromatic rings. The summed E-state index contributed by atoms with van der Waals surface area (Å²) in [5.41, 5.74) is 45.3. The molecular formula is C57H95N17O12S. The maximum atomic E-state index is 14.6. The van der Waals surface area contributed by atoms with Crippen molar-refractivity contribution in [3.8, 4) is 0 Å². The van der Waals surface area contributed by atoms with E-state index in [4.69, 9.17) is 50.6 Å². The summed E-state index contributed by atoms with van der Waals surface area (Å²) in [7, 11) is 0. The predicted octanol–water partition coefficient (Wildman–Crippen LogP) is -1.43. The van der Waals surface area contributed by atoms with Gasteiger partial charge in [-0.25, -0.2) is 0 Å². The molecule has 1 unspecified atom stereocenters. The fourth-order valence-corrected chi connectivity index (χ4v) is 9.47. The molecule has 21 N–H and O–H groups in total. The van der Waals surface area contributed by atoms with Gasteiger partial charge in [0.1, 0.15) is 12.4 Å². The third-order valence-corrected chi connectivity index (χ3v) is 14.4. The van der Waals surface area contributed by atoms with E-state index < -0.39 is 102 Å². The Kier molecular flexibility index (Phi) is 38.6. The molecule has 0 aromatic heterocycles. The molecular weight excluding hydrogens is 1150 g/mol. The van der Waals surface area contributed by atoms with Crippen LogP contribution >= 0.6 is 11.8 Å². The van der Waals surface area contributed by atoms with Gasteiger partial charge in [-0.05, 0) is 83.5 Å². The molecule has 0 aliphatic heterocycles.